The Morgan fingerprint density at radius 3 is 2.56 bits per heavy atom. The first-order valence-corrected chi connectivity index (χ1v) is 13.8. The van der Waals surface area contributed by atoms with Crippen LogP contribution in [-0.2, 0) is 9.53 Å². The number of hydrogen-bond acceptors (Lipinski definition) is 7. The summed E-state index contributed by atoms with van der Waals surface area (Å²) in [6.07, 6.45) is 2.77. The van der Waals surface area contributed by atoms with Crippen LogP contribution in [0, 0.1) is 0 Å². The van der Waals surface area contributed by atoms with Crippen molar-refractivity contribution in [3.8, 4) is 11.5 Å². The smallest absolute Gasteiger partial charge is 0.338 e. The van der Waals surface area contributed by atoms with Crippen LogP contribution >= 0.6 is 11.3 Å². The number of thiazole rings is 1. The maximum absolute atomic E-state index is 14.0. The number of ether oxygens (including phenoxy) is 3. The number of carbonyl (C=O) groups excluding carboxylic acids is 1. The lowest BCUT2D eigenvalue weighted by Gasteiger charge is -2.27. The third kappa shape index (κ3) is 5.00. The third-order valence-electron chi connectivity index (χ3n) is 6.59. The van der Waals surface area contributed by atoms with Crippen molar-refractivity contribution in [1.29, 1.82) is 0 Å². The first-order chi connectivity index (χ1) is 19.0. The molecule has 0 spiro atoms. The molecular formula is C31H30N2O5S. The van der Waals surface area contributed by atoms with Gasteiger partial charge in [-0.1, -0.05) is 60.7 Å². The number of hydrogen-bond donors (Lipinski definition) is 0. The number of benzene rings is 3. The Hall–Kier alpha value is -4.17. The van der Waals surface area contributed by atoms with E-state index in [0.29, 0.717) is 33.0 Å². The number of methoxy groups -OCH3 is 1. The zero-order valence-corrected chi connectivity index (χ0v) is 23.2. The summed E-state index contributed by atoms with van der Waals surface area (Å²) in [5, 5.41) is 1.86. The van der Waals surface area contributed by atoms with E-state index in [4.69, 9.17) is 19.2 Å². The predicted molar refractivity (Wildman–Crippen MR) is 153 cm³/mol. The van der Waals surface area contributed by atoms with E-state index < -0.39 is 12.0 Å². The molecule has 0 amide bonds. The van der Waals surface area contributed by atoms with E-state index in [2.05, 4.69) is 6.92 Å². The van der Waals surface area contributed by atoms with Crippen molar-refractivity contribution in [1.82, 2.24) is 4.57 Å². The molecule has 0 aliphatic carbocycles. The minimum absolute atomic E-state index is 0.206. The molecule has 7 nitrogen and oxygen atoms in total. The van der Waals surface area contributed by atoms with Gasteiger partial charge in [-0.15, -0.1) is 0 Å². The Morgan fingerprint density at radius 2 is 1.85 bits per heavy atom. The highest BCUT2D eigenvalue weighted by Gasteiger charge is 2.36. The van der Waals surface area contributed by atoms with Gasteiger partial charge in [-0.3, -0.25) is 9.36 Å². The number of allylic oxidation sites excluding steroid dienone is 1. The summed E-state index contributed by atoms with van der Waals surface area (Å²) in [5.74, 6) is 0.858. The van der Waals surface area contributed by atoms with E-state index in [1.807, 2.05) is 66.7 Å². The summed E-state index contributed by atoms with van der Waals surface area (Å²) in [4.78, 5) is 32.6. The number of fused-ring (bicyclic) bond motifs is 2. The number of aromatic nitrogens is 1. The van der Waals surface area contributed by atoms with Gasteiger partial charge in [0.1, 0.15) is 17.5 Å². The molecule has 200 valence electrons. The number of rotatable bonds is 8. The summed E-state index contributed by atoms with van der Waals surface area (Å²) < 4.78 is 19.0. The highest BCUT2D eigenvalue weighted by molar-refractivity contribution is 7.07. The summed E-state index contributed by atoms with van der Waals surface area (Å²) in [7, 11) is 1.59. The quantitative estimate of drug-likeness (QED) is 0.300. The molecule has 1 aliphatic heterocycles. The third-order valence-corrected chi connectivity index (χ3v) is 7.57. The zero-order chi connectivity index (χ0) is 27.5. The molecule has 1 aromatic heterocycles. The molecule has 0 saturated heterocycles. The van der Waals surface area contributed by atoms with Crippen molar-refractivity contribution in [3.05, 3.63) is 103 Å². The lowest BCUT2D eigenvalue weighted by Crippen LogP contribution is -2.40. The summed E-state index contributed by atoms with van der Waals surface area (Å²) in [6.45, 7) is 6.46. The van der Waals surface area contributed by atoms with Gasteiger partial charge in [0, 0.05) is 5.56 Å². The molecule has 3 aromatic carbocycles. The van der Waals surface area contributed by atoms with Crippen LogP contribution in [0.2, 0.25) is 0 Å². The van der Waals surface area contributed by atoms with E-state index >= 15 is 0 Å². The normalized spacial score (nSPS) is 15.2. The van der Waals surface area contributed by atoms with Crippen LogP contribution in [0.5, 0.6) is 11.5 Å². The van der Waals surface area contributed by atoms with Crippen molar-refractivity contribution in [2.24, 2.45) is 4.99 Å². The lowest BCUT2D eigenvalue weighted by molar-refractivity contribution is -0.139. The van der Waals surface area contributed by atoms with Crippen LogP contribution in [-0.4, -0.2) is 30.9 Å². The van der Waals surface area contributed by atoms with Gasteiger partial charge in [0.05, 0.1) is 36.1 Å². The summed E-state index contributed by atoms with van der Waals surface area (Å²) in [6, 6.07) is 18.6. The van der Waals surface area contributed by atoms with Gasteiger partial charge in [-0.05, 0) is 60.9 Å². The van der Waals surface area contributed by atoms with Gasteiger partial charge in [-0.2, -0.15) is 0 Å². The Bertz CT molecular complexity index is 1750. The average Bonchev–Trinajstić information content (AvgIpc) is 3.25. The second-order valence-corrected chi connectivity index (χ2v) is 10.1. The average molecular weight is 543 g/mol. The highest BCUT2D eigenvalue weighted by Crippen LogP contribution is 2.40. The molecule has 1 atom stereocenters. The van der Waals surface area contributed by atoms with Gasteiger partial charge in [0.15, 0.2) is 4.80 Å². The fraction of sp³-hybridized carbons (Fsp3) is 0.258. The Kier molecular flexibility index (Phi) is 7.65. The van der Waals surface area contributed by atoms with Crippen molar-refractivity contribution >= 4 is 34.2 Å². The van der Waals surface area contributed by atoms with Crippen molar-refractivity contribution in [2.45, 2.75) is 33.2 Å². The van der Waals surface area contributed by atoms with Crippen LogP contribution in [0.4, 0.5) is 0 Å². The Morgan fingerprint density at radius 1 is 1.08 bits per heavy atom. The second-order valence-electron chi connectivity index (χ2n) is 9.12. The van der Waals surface area contributed by atoms with Crippen LogP contribution in [0.3, 0.4) is 0 Å². The van der Waals surface area contributed by atoms with Gasteiger partial charge in [0.2, 0.25) is 0 Å². The van der Waals surface area contributed by atoms with E-state index in [1.165, 1.54) is 11.3 Å². The van der Waals surface area contributed by atoms with Crippen molar-refractivity contribution in [2.75, 3.05) is 20.3 Å². The van der Waals surface area contributed by atoms with Crippen molar-refractivity contribution < 1.29 is 19.0 Å². The Balaban J connectivity index is 1.74. The van der Waals surface area contributed by atoms with Gasteiger partial charge in [-0.25, -0.2) is 9.79 Å². The second kappa shape index (κ2) is 11.3. The number of esters is 1. The monoisotopic (exact) mass is 542 g/mol. The highest BCUT2D eigenvalue weighted by atomic mass is 32.1. The van der Waals surface area contributed by atoms with E-state index in [1.54, 1.807) is 25.5 Å². The maximum Gasteiger partial charge on any atom is 0.338 e. The van der Waals surface area contributed by atoms with Gasteiger partial charge in [0.25, 0.3) is 5.56 Å². The standard InChI is InChI=1S/C31H30N2O5S/c1-5-17-38-22-14-11-20(12-15-22)18-25-29(34)33-28(26(30(35)37-6-2)19(3)32-31(33)39-25)27-23-10-8-7-9-21(23)13-16-24(27)36-4/h7-16,18,28H,5-6,17H2,1-4H3/b25-18-/t28-/m0/s1. The van der Waals surface area contributed by atoms with Gasteiger partial charge < -0.3 is 14.2 Å². The molecule has 2 heterocycles. The molecular weight excluding hydrogens is 512 g/mol. The van der Waals surface area contributed by atoms with Crippen LogP contribution in [0.15, 0.2) is 81.7 Å². The topological polar surface area (TPSA) is 79.1 Å². The van der Waals surface area contributed by atoms with Crippen LogP contribution in [0.25, 0.3) is 16.8 Å². The molecule has 39 heavy (non-hydrogen) atoms. The SMILES string of the molecule is CCCOc1ccc(/C=c2\sc3n(c2=O)[C@H](c2c(OC)ccc4ccccc24)C(C(=O)OCC)=C(C)N=3)cc1. The molecule has 4 aromatic rings. The lowest BCUT2D eigenvalue weighted by atomic mass is 9.90. The molecule has 0 unspecified atom stereocenters. The first kappa shape index (κ1) is 26.4. The maximum atomic E-state index is 14.0. The number of carbonyl (C=O) groups is 1. The van der Waals surface area contributed by atoms with E-state index in [0.717, 1.165) is 34.1 Å². The van der Waals surface area contributed by atoms with Crippen LogP contribution < -0.4 is 24.4 Å². The molecule has 1 aliphatic rings. The summed E-state index contributed by atoms with van der Waals surface area (Å²) in [5.41, 5.74) is 2.18. The van der Waals surface area contributed by atoms with Crippen LogP contribution in [0.1, 0.15) is 44.4 Å². The predicted octanol–water partition coefficient (Wildman–Crippen LogP) is 4.75. The summed E-state index contributed by atoms with van der Waals surface area (Å²) >= 11 is 1.29. The molecule has 0 N–H and O–H groups in total. The fourth-order valence-corrected chi connectivity index (χ4v) is 5.88. The van der Waals surface area contributed by atoms with Gasteiger partial charge >= 0.3 is 5.97 Å². The largest absolute Gasteiger partial charge is 0.496 e. The zero-order valence-electron chi connectivity index (χ0n) is 22.4. The molecule has 5 rings (SSSR count). The molecule has 0 bridgehead atoms. The number of nitrogens with zero attached hydrogens (tertiary/aromatic N) is 2. The molecule has 0 fully saturated rings. The minimum atomic E-state index is -0.770. The molecule has 0 saturated carbocycles. The fourth-order valence-electron chi connectivity index (χ4n) is 4.83. The minimum Gasteiger partial charge on any atom is -0.496 e. The van der Waals surface area contributed by atoms with E-state index in [-0.39, 0.29) is 12.2 Å². The van der Waals surface area contributed by atoms with Crippen molar-refractivity contribution in [3.63, 3.8) is 0 Å². The first-order valence-electron chi connectivity index (χ1n) is 12.9. The Labute approximate surface area is 230 Å². The molecule has 8 heteroatoms. The van der Waals surface area contributed by atoms with E-state index in [9.17, 15) is 9.59 Å². The molecule has 0 radical (unpaired) electrons.